The summed E-state index contributed by atoms with van der Waals surface area (Å²) in [5.74, 6) is 0.0906. The minimum Gasteiger partial charge on any atom is -0.372 e. The van der Waals surface area contributed by atoms with Crippen molar-refractivity contribution in [3.05, 3.63) is 0 Å². The fraction of sp³-hybridized carbons (Fsp3) is 0.941. The lowest BCUT2D eigenvalue weighted by Crippen LogP contribution is -2.42. The molecule has 3 heteroatoms. The van der Waals surface area contributed by atoms with Gasteiger partial charge in [-0.1, -0.05) is 20.8 Å². The van der Waals surface area contributed by atoms with Crippen LogP contribution in [0, 0.1) is 0 Å². The quantitative estimate of drug-likeness (QED) is 0.592. The third-order valence-corrected chi connectivity index (χ3v) is 4.41. The zero-order chi connectivity index (χ0) is 16.0. The zero-order valence-corrected chi connectivity index (χ0v) is 14.7. The summed E-state index contributed by atoms with van der Waals surface area (Å²) >= 11 is 0. The van der Waals surface area contributed by atoms with E-state index in [2.05, 4.69) is 27.7 Å². The van der Waals surface area contributed by atoms with E-state index in [0.29, 0.717) is 6.42 Å². The molecule has 0 aromatic rings. The molecule has 0 bridgehead atoms. The summed E-state index contributed by atoms with van der Waals surface area (Å²) in [5.41, 5.74) is -0.870. The van der Waals surface area contributed by atoms with Crippen molar-refractivity contribution in [3.8, 4) is 0 Å². The van der Waals surface area contributed by atoms with Crippen LogP contribution in [0.1, 0.15) is 81.1 Å². The maximum Gasteiger partial charge on any atom is 0.161 e. The first-order valence-electron chi connectivity index (χ1n) is 7.99. The molecule has 120 valence electrons. The molecular weight excluding hydrogens is 252 g/mol. The predicted octanol–water partition coefficient (Wildman–Crippen LogP) is 4.52. The van der Waals surface area contributed by atoms with E-state index >= 15 is 0 Å². The van der Waals surface area contributed by atoms with Gasteiger partial charge in [0.25, 0.3) is 0 Å². The van der Waals surface area contributed by atoms with Crippen LogP contribution in [0.4, 0.5) is 0 Å². The van der Waals surface area contributed by atoms with Gasteiger partial charge >= 0.3 is 0 Å². The summed E-state index contributed by atoms with van der Waals surface area (Å²) in [6, 6.07) is 0. The van der Waals surface area contributed by atoms with E-state index in [1.54, 1.807) is 6.92 Å². The zero-order valence-electron chi connectivity index (χ0n) is 14.7. The molecule has 0 amide bonds. The van der Waals surface area contributed by atoms with E-state index in [9.17, 15) is 4.79 Å². The Labute approximate surface area is 125 Å². The topological polar surface area (TPSA) is 35.5 Å². The van der Waals surface area contributed by atoms with Gasteiger partial charge in [-0.15, -0.1) is 0 Å². The summed E-state index contributed by atoms with van der Waals surface area (Å²) in [7, 11) is 0. The van der Waals surface area contributed by atoms with Crippen molar-refractivity contribution in [2.24, 2.45) is 0 Å². The molecule has 0 spiro atoms. The molecule has 0 rings (SSSR count). The second kappa shape index (κ2) is 8.14. The molecule has 0 aliphatic rings. The monoisotopic (exact) mass is 286 g/mol. The van der Waals surface area contributed by atoms with Crippen LogP contribution in [0.15, 0.2) is 0 Å². The molecule has 0 radical (unpaired) electrons. The van der Waals surface area contributed by atoms with E-state index in [1.807, 2.05) is 20.8 Å². The van der Waals surface area contributed by atoms with Gasteiger partial charge in [0.15, 0.2) is 5.78 Å². The number of ketones is 1. The molecular formula is C17H34O3. The Kier molecular flexibility index (Phi) is 7.97. The van der Waals surface area contributed by atoms with Crippen molar-refractivity contribution in [1.29, 1.82) is 0 Å². The Bertz CT molecular complexity index is 303. The fourth-order valence-electron chi connectivity index (χ4n) is 2.35. The summed E-state index contributed by atoms with van der Waals surface area (Å²) in [5, 5.41) is 0. The van der Waals surface area contributed by atoms with Gasteiger partial charge in [0, 0.05) is 6.42 Å². The molecule has 0 aromatic heterocycles. The third kappa shape index (κ3) is 5.92. The minimum absolute atomic E-state index is 0.00199. The van der Waals surface area contributed by atoms with Gasteiger partial charge in [-0.05, 0) is 53.9 Å². The van der Waals surface area contributed by atoms with Gasteiger partial charge in [0.2, 0.25) is 0 Å². The van der Waals surface area contributed by atoms with Crippen molar-refractivity contribution in [2.75, 3.05) is 0 Å². The molecule has 0 fully saturated rings. The summed E-state index contributed by atoms with van der Waals surface area (Å²) < 4.78 is 12.2. The Morgan fingerprint density at radius 2 is 1.55 bits per heavy atom. The number of Topliss-reactive ketones (excluding diaryl/α,β-unsaturated/α-hetero) is 1. The second-order valence-corrected chi connectivity index (χ2v) is 6.41. The number of rotatable bonds is 10. The van der Waals surface area contributed by atoms with Crippen molar-refractivity contribution in [1.82, 2.24) is 0 Å². The highest BCUT2D eigenvalue weighted by Gasteiger charge is 2.34. The molecule has 4 atom stereocenters. The summed E-state index contributed by atoms with van der Waals surface area (Å²) in [6.45, 7) is 16.0. The van der Waals surface area contributed by atoms with Crippen LogP contribution in [0.2, 0.25) is 0 Å². The predicted molar refractivity (Wildman–Crippen MR) is 84.1 cm³/mol. The van der Waals surface area contributed by atoms with Crippen LogP contribution >= 0.6 is 0 Å². The highest BCUT2D eigenvalue weighted by atomic mass is 16.5. The minimum atomic E-state index is -0.676. The molecule has 0 aliphatic carbocycles. The highest BCUT2D eigenvalue weighted by molar-refractivity contribution is 5.84. The van der Waals surface area contributed by atoms with E-state index < -0.39 is 5.60 Å². The van der Waals surface area contributed by atoms with Gasteiger partial charge in [-0.2, -0.15) is 0 Å². The lowest BCUT2D eigenvalue weighted by Gasteiger charge is -2.37. The van der Waals surface area contributed by atoms with Crippen LogP contribution in [-0.4, -0.2) is 29.2 Å². The average Bonchev–Trinajstić information content (AvgIpc) is 2.37. The molecule has 0 aromatic carbocycles. The first-order chi connectivity index (χ1) is 9.12. The Morgan fingerprint density at radius 1 is 1.00 bits per heavy atom. The van der Waals surface area contributed by atoms with E-state index in [1.165, 1.54) is 0 Å². The number of carbonyl (C=O) groups excluding carboxylic acids is 1. The van der Waals surface area contributed by atoms with E-state index in [0.717, 1.165) is 19.3 Å². The van der Waals surface area contributed by atoms with Crippen molar-refractivity contribution in [2.45, 2.75) is 104 Å². The van der Waals surface area contributed by atoms with Crippen LogP contribution in [0.3, 0.4) is 0 Å². The van der Waals surface area contributed by atoms with Gasteiger partial charge in [0.05, 0.1) is 17.8 Å². The van der Waals surface area contributed by atoms with Crippen molar-refractivity contribution < 1.29 is 14.3 Å². The molecule has 20 heavy (non-hydrogen) atoms. The molecule has 0 heterocycles. The standard InChI is InChI=1S/C17H34O3/c1-9-13(4)19-16(7,10-2)12-14(5)20-17(8,11-3)15(6)18/h13-14H,9-12H2,1-8H3. The summed E-state index contributed by atoms with van der Waals surface area (Å²) in [4.78, 5) is 11.7. The fourth-order valence-corrected chi connectivity index (χ4v) is 2.35. The first kappa shape index (κ1) is 19.6. The van der Waals surface area contributed by atoms with Gasteiger partial charge in [-0.3, -0.25) is 4.79 Å². The smallest absolute Gasteiger partial charge is 0.161 e. The largest absolute Gasteiger partial charge is 0.372 e. The molecule has 0 N–H and O–H groups in total. The number of carbonyl (C=O) groups is 1. The maximum atomic E-state index is 11.7. The Hall–Kier alpha value is -0.410. The third-order valence-electron chi connectivity index (χ3n) is 4.41. The lowest BCUT2D eigenvalue weighted by molar-refractivity contribution is -0.159. The first-order valence-corrected chi connectivity index (χ1v) is 7.99. The lowest BCUT2D eigenvalue weighted by atomic mass is 9.93. The molecule has 4 unspecified atom stereocenters. The Balaban J connectivity index is 4.70. The maximum absolute atomic E-state index is 11.7. The van der Waals surface area contributed by atoms with Gasteiger partial charge in [-0.25, -0.2) is 0 Å². The normalized spacial score (nSPS) is 20.8. The van der Waals surface area contributed by atoms with Gasteiger partial charge in [0.1, 0.15) is 5.60 Å². The molecule has 0 aliphatic heterocycles. The van der Waals surface area contributed by atoms with Gasteiger partial charge < -0.3 is 9.47 Å². The van der Waals surface area contributed by atoms with Crippen molar-refractivity contribution in [3.63, 3.8) is 0 Å². The summed E-state index contributed by atoms with van der Waals surface area (Å²) in [6.07, 6.45) is 3.69. The second-order valence-electron chi connectivity index (χ2n) is 6.41. The SMILES string of the molecule is CCC(C)OC(C)(CC)CC(C)OC(C)(CC)C(C)=O. The molecule has 0 saturated heterocycles. The van der Waals surface area contributed by atoms with E-state index in [-0.39, 0.29) is 23.6 Å². The average molecular weight is 286 g/mol. The number of hydrogen-bond acceptors (Lipinski definition) is 3. The van der Waals surface area contributed by atoms with Crippen molar-refractivity contribution >= 4 is 5.78 Å². The highest BCUT2D eigenvalue weighted by Crippen LogP contribution is 2.28. The van der Waals surface area contributed by atoms with E-state index in [4.69, 9.17) is 9.47 Å². The molecule has 0 saturated carbocycles. The Morgan fingerprint density at radius 3 is 1.90 bits per heavy atom. The number of hydrogen-bond donors (Lipinski definition) is 0. The van der Waals surface area contributed by atoms with Crippen LogP contribution in [0.25, 0.3) is 0 Å². The van der Waals surface area contributed by atoms with Crippen LogP contribution in [0.5, 0.6) is 0 Å². The molecule has 3 nitrogen and oxygen atoms in total. The van der Waals surface area contributed by atoms with Crippen LogP contribution in [-0.2, 0) is 14.3 Å². The van der Waals surface area contributed by atoms with Crippen LogP contribution < -0.4 is 0 Å². The number of ether oxygens (including phenoxy) is 2.